The molecule has 0 bridgehead atoms. The first-order valence-electron chi connectivity index (χ1n) is 23.8. The van der Waals surface area contributed by atoms with Gasteiger partial charge in [0, 0.05) is 43.8 Å². The van der Waals surface area contributed by atoms with Crippen LogP contribution < -0.4 is 0 Å². The van der Waals surface area contributed by atoms with E-state index in [-0.39, 0.29) is 0 Å². The minimum absolute atomic E-state index is 0.546. The fraction of sp³-hybridized carbons (Fsp3) is 0. The number of rotatable bonds is 8. The molecule has 13 aromatic rings. The summed E-state index contributed by atoms with van der Waals surface area (Å²) in [5.41, 5.74) is 16.4. The monoisotopic (exact) mass is 917 g/mol. The third kappa shape index (κ3) is 7.17. The van der Waals surface area contributed by atoms with E-state index in [1.165, 1.54) is 0 Å². The van der Waals surface area contributed by atoms with Crippen LogP contribution in [-0.4, -0.2) is 24.1 Å². The van der Waals surface area contributed by atoms with Crippen molar-refractivity contribution in [2.24, 2.45) is 0 Å². The molecule has 72 heavy (non-hydrogen) atoms. The molecule has 13 rings (SSSR count). The summed E-state index contributed by atoms with van der Waals surface area (Å²) >= 11 is 0. The van der Waals surface area contributed by atoms with Gasteiger partial charge in [-0.2, -0.15) is 10.5 Å². The largest absolute Gasteiger partial charge is 0.309 e. The maximum Gasteiger partial charge on any atom is 0.166 e. The second-order valence-corrected chi connectivity index (χ2v) is 17.8. The van der Waals surface area contributed by atoms with Gasteiger partial charge in [0.1, 0.15) is 0 Å². The number of nitrogens with zero attached hydrogens (tertiary/aromatic N) is 7. The summed E-state index contributed by atoms with van der Waals surface area (Å²) in [6.07, 6.45) is 0. The highest BCUT2D eigenvalue weighted by molar-refractivity contribution is 6.12. The Labute approximate surface area is 415 Å². The maximum atomic E-state index is 9.52. The fourth-order valence-corrected chi connectivity index (χ4v) is 10.2. The number of hydrogen-bond acceptors (Lipinski definition) is 5. The van der Waals surface area contributed by atoms with E-state index in [0.29, 0.717) is 28.6 Å². The lowest BCUT2D eigenvalue weighted by Crippen LogP contribution is -2.04. The second-order valence-electron chi connectivity index (χ2n) is 17.8. The van der Waals surface area contributed by atoms with Crippen molar-refractivity contribution in [2.45, 2.75) is 0 Å². The van der Waals surface area contributed by atoms with Crippen molar-refractivity contribution in [1.29, 1.82) is 10.5 Å². The van der Waals surface area contributed by atoms with Crippen molar-refractivity contribution in [1.82, 2.24) is 24.1 Å². The van der Waals surface area contributed by atoms with E-state index < -0.39 is 0 Å². The predicted octanol–water partition coefficient (Wildman–Crippen LogP) is 15.8. The third-order valence-corrected chi connectivity index (χ3v) is 13.7. The van der Waals surface area contributed by atoms with Crippen LogP contribution in [0, 0.1) is 22.7 Å². The van der Waals surface area contributed by atoms with Crippen molar-refractivity contribution in [3.8, 4) is 91.1 Å². The quantitative estimate of drug-likeness (QED) is 0.151. The summed E-state index contributed by atoms with van der Waals surface area (Å²) < 4.78 is 4.71. The Morgan fingerprint density at radius 1 is 0.278 bits per heavy atom. The van der Waals surface area contributed by atoms with Gasteiger partial charge in [0.05, 0.1) is 56.7 Å². The zero-order valence-corrected chi connectivity index (χ0v) is 38.6. The zero-order chi connectivity index (χ0) is 48.1. The van der Waals surface area contributed by atoms with E-state index in [1.807, 2.05) is 109 Å². The first-order chi connectivity index (χ1) is 35.6. The molecule has 0 radical (unpaired) electrons. The van der Waals surface area contributed by atoms with E-state index >= 15 is 0 Å². The lowest BCUT2D eigenvalue weighted by molar-refractivity contribution is 1.06. The van der Waals surface area contributed by atoms with Crippen molar-refractivity contribution in [3.63, 3.8) is 0 Å². The Kier molecular flexibility index (Phi) is 10.1. The van der Waals surface area contributed by atoms with Crippen molar-refractivity contribution >= 4 is 43.6 Å². The second kappa shape index (κ2) is 17.4. The first-order valence-corrected chi connectivity index (χ1v) is 23.8. The van der Waals surface area contributed by atoms with Crippen LogP contribution in [0.25, 0.3) is 123 Å². The third-order valence-electron chi connectivity index (χ3n) is 13.7. The minimum Gasteiger partial charge on any atom is -0.309 e. The number of nitriles is 2. The predicted molar refractivity (Wildman–Crippen MR) is 291 cm³/mol. The van der Waals surface area contributed by atoms with Crippen LogP contribution in [0.15, 0.2) is 237 Å². The van der Waals surface area contributed by atoms with Gasteiger partial charge in [0.2, 0.25) is 0 Å². The molecule has 0 aliphatic heterocycles. The summed E-state index contributed by atoms with van der Waals surface area (Å²) in [5, 5.41) is 23.5. The summed E-state index contributed by atoms with van der Waals surface area (Å²) in [6, 6.07) is 85.9. The van der Waals surface area contributed by atoms with Crippen LogP contribution in [0.3, 0.4) is 0 Å². The number of aromatic nitrogens is 5. The molecular weight excluding hydrogens is 879 g/mol. The molecule has 0 atom stereocenters. The average Bonchev–Trinajstić information content (AvgIpc) is 3.97. The molecule has 10 aromatic carbocycles. The maximum absolute atomic E-state index is 9.52. The van der Waals surface area contributed by atoms with Crippen LogP contribution >= 0.6 is 0 Å². The van der Waals surface area contributed by atoms with E-state index in [9.17, 15) is 10.5 Å². The van der Waals surface area contributed by atoms with E-state index in [2.05, 4.69) is 149 Å². The van der Waals surface area contributed by atoms with Crippen LogP contribution in [0.2, 0.25) is 0 Å². The molecule has 7 heteroatoms. The van der Waals surface area contributed by atoms with Crippen LogP contribution in [0.5, 0.6) is 0 Å². The van der Waals surface area contributed by atoms with Gasteiger partial charge in [-0.3, -0.25) is 0 Å². The minimum atomic E-state index is 0.546. The number of para-hydroxylation sites is 3. The molecule has 0 fully saturated rings. The highest BCUT2D eigenvalue weighted by Gasteiger charge is 2.23. The van der Waals surface area contributed by atoms with Gasteiger partial charge in [0.25, 0.3) is 0 Å². The van der Waals surface area contributed by atoms with E-state index in [0.717, 1.165) is 105 Å². The molecule has 0 amide bonds. The van der Waals surface area contributed by atoms with Gasteiger partial charge in [0.15, 0.2) is 17.5 Å². The Hall–Kier alpha value is -10.2. The fourth-order valence-electron chi connectivity index (χ4n) is 10.2. The zero-order valence-electron chi connectivity index (χ0n) is 38.6. The van der Waals surface area contributed by atoms with Gasteiger partial charge in [-0.05, 0) is 107 Å². The van der Waals surface area contributed by atoms with Crippen molar-refractivity contribution < 1.29 is 0 Å². The molecule has 0 saturated carbocycles. The molecule has 0 N–H and O–H groups in total. The molecular formula is C65H39N7. The van der Waals surface area contributed by atoms with Gasteiger partial charge in [-0.1, -0.05) is 158 Å². The van der Waals surface area contributed by atoms with E-state index in [4.69, 9.17) is 15.0 Å². The molecule has 0 saturated heterocycles. The summed E-state index contributed by atoms with van der Waals surface area (Å²) in [6.45, 7) is 0. The molecule has 334 valence electrons. The summed E-state index contributed by atoms with van der Waals surface area (Å²) in [7, 11) is 0. The molecule has 3 heterocycles. The van der Waals surface area contributed by atoms with Crippen LogP contribution in [0.4, 0.5) is 0 Å². The Morgan fingerprint density at radius 2 is 0.681 bits per heavy atom. The van der Waals surface area contributed by atoms with Crippen molar-refractivity contribution in [2.75, 3.05) is 0 Å². The van der Waals surface area contributed by atoms with Crippen molar-refractivity contribution in [3.05, 3.63) is 248 Å². The Morgan fingerprint density at radius 3 is 1.19 bits per heavy atom. The standard InChI is InChI=1S/C65H39N7/c66-40-42-23-27-44(28-24-42)48-31-34-60-54(37-48)52-18-8-11-21-58(52)71(60)57-20-10-7-17-51(57)50-33-36-62(56(39-50)65-69-63(46-13-3-1-4-14-46)68-64(70-65)47-15-5-2-6-16-47)72-59-22-12-9-19-53(59)55-38-49(32-35-61(55)72)45-29-25-43(41-67)26-30-45/h1-39H. The number of fused-ring (bicyclic) bond motifs is 6. The highest BCUT2D eigenvalue weighted by Crippen LogP contribution is 2.42. The summed E-state index contributed by atoms with van der Waals surface area (Å²) in [4.78, 5) is 15.8. The van der Waals surface area contributed by atoms with E-state index in [1.54, 1.807) is 0 Å². The molecule has 0 aliphatic rings. The number of hydrogen-bond donors (Lipinski definition) is 0. The van der Waals surface area contributed by atoms with Gasteiger partial charge in [-0.25, -0.2) is 15.0 Å². The average molecular weight is 918 g/mol. The Bertz CT molecular complexity index is 4270. The van der Waals surface area contributed by atoms with Gasteiger partial charge < -0.3 is 9.13 Å². The first kappa shape index (κ1) is 41.9. The smallest absolute Gasteiger partial charge is 0.166 e. The SMILES string of the molecule is N#Cc1ccc(-c2ccc3c(c2)c2ccccc2n3-c2ccccc2-c2ccc(-n3c4ccccc4c4cc(-c5ccc(C#N)cc5)ccc43)c(-c3nc(-c4ccccc4)nc(-c4ccccc4)n3)c2)cc1. The normalized spacial score (nSPS) is 11.3. The molecule has 3 aromatic heterocycles. The van der Waals surface area contributed by atoms with Crippen LogP contribution in [0.1, 0.15) is 11.1 Å². The molecule has 0 aliphatic carbocycles. The summed E-state index contributed by atoms with van der Waals surface area (Å²) in [5.74, 6) is 1.71. The highest BCUT2D eigenvalue weighted by atomic mass is 15.1. The lowest BCUT2D eigenvalue weighted by Gasteiger charge is -2.18. The van der Waals surface area contributed by atoms with Gasteiger partial charge in [-0.15, -0.1) is 0 Å². The molecule has 7 nitrogen and oxygen atoms in total. The lowest BCUT2D eigenvalue weighted by atomic mass is 9.98. The Balaban J connectivity index is 1.05. The topological polar surface area (TPSA) is 96.1 Å². The molecule has 0 spiro atoms. The van der Waals surface area contributed by atoms with Gasteiger partial charge >= 0.3 is 0 Å². The molecule has 0 unspecified atom stereocenters. The number of benzene rings is 10. The van der Waals surface area contributed by atoms with Crippen LogP contribution in [-0.2, 0) is 0 Å².